The van der Waals surface area contributed by atoms with Crippen molar-refractivity contribution in [3.63, 3.8) is 0 Å². The first-order valence-corrected chi connectivity index (χ1v) is 14.1. The summed E-state index contributed by atoms with van der Waals surface area (Å²) in [6.45, 7) is -4.41. The summed E-state index contributed by atoms with van der Waals surface area (Å²) in [5.74, 6) is -2.57. The van der Waals surface area contributed by atoms with Gasteiger partial charge in [0, 0.05) is 0 Å². The highest BCUT2D eigenvalue weighted by Crippen LogP contribution is 2.39. The molecular weight excluding hydrogens is 624 g/mol. The molecule has 4 aliphatic heterocycles. The monoisotopic (exact) mass is 666 g/mol. The molecule has 0 aromatic heterocycles. The first kappa shape index (κ1) is 37.0. The van der Waals surface area contributed by atoms with Gasteiger partial charge in [-0.3, -0.25) is 0 Å². The third kappa shape index (κ3) is 7.15. The summed E-state index contributed by atoms with van der Waals surface area (Å²) in [5.41, 5.74) is 0. The largest absolute Gasteiger partial charge is 0.394 e. The standard InChI is InChI=1S/C24H42O21/c25-1-6-10(29)14(33)17(36)21(40-6)39-4-9-12(31)16(35)19(38)23(42-9)45-24(5-28)20(13(32)8(3-27)44-24)43-22-18(37)15(34)11(30)7(2-26)41-22/h6-23,25-38H,1-5H2/t6-,7-,8-,9-,10+,11+,12-,13+,14+,15+,16+,17-,18-,19-,20+,21+,22-,23+,24+/m1/s1. The second-order valence-electron chi connectivity index (χ2n) is 11.2. The minimum atomic E-state index is -2.57. The summed E-state index contributed by atoms with van der Waals surface area (Å²) in [5, 5.41) is 142. The van der Waals surface area contributed by atoms with Gasteiger partial charge in [-0.15, -0.1) is 0 Å². The number of aliphatic hydroxyl groups excluding tert-OH is 14. The zero-order valence-corrected chi connectivity index (χ0v) is 23.5. The molecule has 264 valence electrons. The fourth-order valence-electron chi connectivity index (χ4n) is 5.50. The van der Waals surface area contributed by atoms with E-state index in [4.69, 9.17) is 33.2 Å². The zero-order chi connectivity index (χ0) is 33.4. The van der Waals surface area contributed by atoms with Crippen molar-refractivity contribution in [2.75, 3.05) is 33.0 Å². The predicted molar refractivity (Wildman–Crippen MR) is 134 cm³/mol. The molecule has 21 nitrogen and oxygen atoms in total. The second kappa shape index (κ2) is 15.1. The molecule has 0 radical (unpaired) electrons. The molecule has 4 fully saturated rings. The summed E-state index contributed by atoms with van der Waals surface area (Å²) < 4.78 is 38.2. The molecule has 4 heterocycles. The van der Waals surface area contributed by atoms with Gasteiger partial charge in [0.2, 0.25) is 5.79 Å². The van der Waals surface area contributed by atoms with Gasteiger partial charge in [0.25, 0.3) is 0 Å². The molecule has 0 unspecified atom stereocenters. The van der Waals surface area contributed by atoms with Gasteiger partial charge in [0.15, 0.2) is 18.9 Å². The molecule has 0 aromatic rings. The van der Waals surface area contributed by atoms with Crippen LogP contribution < -0.4 is 0 Å². The highest BCUT2D eigenvalue weighted by molar-refractivity contribution is 5.01. The van der Waals surface area contributed by atoms with Crippen molar-refractivity contribution in [1.82, 2.24) is 0 Å². The van der Waals surface area contributed by atoms with Crippen LogP contribution in [0.4, 0.5) is 0 Å². The Labute approximate surface area is 254 Å². The van der Waals surface area contributed by atoms with Crippen LogP contribution in [0.15, 0.2) is 0 Å². The normalized spacial score (nSPS) is 52.7. The van der Waals surface area contributed by atoms with E-state index in [9.17, 15) is 71.5 Å². The number of hydrogen-bond acceptors (Lipinski definition) is 21. The van der Waals surface area contributed by atoms with Crippen molar-refractivity contribution in [3.8, 4) is 0 Å². The van der Waals surface area contributed by atoms with E-state index >= 15 is 0 Å². The van der Waals surface area contributed by atoms with Crippen LogP contribution in [0.5, 0.6) is 0 Å². The molecule has 0 saturated carbocycles. The molecule has 4 aliphatic rings. The van der Waals surface area contributed by atoms with Crippen molar-refractivity contribution < 1.29 is 105 Å². The van der Waals surface area contributed by atoms with Gasteiger partial charge >= 0.3 is 0 Å². The maximum Gasteiger partial charge on any atom is 0.224 e. The van der Waals surface area contributed by atoms with E-state index in [1.54, 1.807) is 0 Å². The summed E-state index contributed by atoms with van der Waals surface area (Å²) >= 11 is 0. The molecule has 4 saturated heterocycles. The molecule has 45 heavy (non-hydrogen) atoms. The fraction of sp³-hybridized carbons (Fsp3) is 1.00. The minimum absolute atomic E-state index is 0.729. The lowest BCUT2D eigenvalue weighted by Gasteiger charge is -2.46. The Balaban J connectivity index is 1.52. The van der Waals surface area contributed by atoms with Crippen LogP contribution in [0.3, 0.4) is 0 Å². The summed E-state index contributed by atoms with van der Waals surface area (Å²) in [4.78, 5) is 0. The first-order valence-electron chi connectivity index (χ1n) is 14.1. The SMILES string of the molecule is OC[C@H]1O[C@H](O[C@H]2[C@@H](O)[C@@H](CO)O[C@@]2(CO)O[C@@H]2O[C@H](CO[C@H]3O[C@H](CO)[C@H](O)[C@H](O)[C@H]3O)[C@@H](O)[C@H](O)[C@H]2O)[C@H](O)[C@@H](O)[C@H]1O. The van der Waals surface area contributed by atoms with E-state index in [1.165, 1.54) is 0 Å². The number of aliphatic hydroxyl groups is 14. The summed E-state index contributed by atoms with van der Waals surface area (Å²) in [6, 6.07) is 0. The molecule has 0 aliphatic carbocycles. The highest BCUT2D eigenvalue weighted by Gasteiger charge is 2.61. The van der Waals surface area contributed by atoms with Crippen LogP contribution in [0.2, 0.25) is 0 Å². The predicted octanol–water partition coefficient (Wildman–Crippen LogP) is -9.75. The molecule has 19 atom stereocenters. The molecule has 0 aromatic carbocycles. The Morgan fingerprint density at radius 3 is 1.42 bits per heavy atom. The molecule has 14 N–H and O–H groups in total. The zero-order valence-electron chi connectivity index (χ0n) is 23.5. The Hall–Kier alpha value is -0.840. The maximum atomic E-state index is 10.8. The Kier molecular flexibility index (Phi) is 12.5. The van der Waals surface area contributed by atoms with Gasteiger partial charge in [-0.05, 0) is 0 Å². The average molecular weight is 667 g/mol. The van der Waals surface area contributed by atoms with Crippen molar-refractivity contribution in [2.24, 2.45) is 0 Å². The molecule has 0 spiro atoms. The van der Waals surface area contributed by atoms with Crippen molar-refractivity contribution >= 4 is 0 Å². The first-order chi connectivity index (χ1) is 21.2. The van der Waals surface area contributed by atoms with Crippen LogP contribution in [0.25, 0.3) is 0 Å². The molecule has 0 amide bonds. The van der Waals surface area contributed by atoms with Crippen molar-refractivity contribution in [1.29, 1.82) is 0 Å². The van der Waals surface area contributed by atoms with E-state index in [2.05, 4.69) is 0 Å². The molecule has 4 rings (SSSR count). The van der Waals surface area contributed by atoms with Crippen LogP contribution in [-0.4, -0.2) is 221 Å². The Bertz CT molecular complexity index is 929. The average Bonchev–Trinajstić information content (AvgIpc) is 3.30. The quantitative estimate of drug-likeness (QED) is 0.0973. The lowest BCUT2D eigenvalue weighted by Crippen LogP contribution is -2.65. The summed E-state index contributed by atoms with van der Waals surface area (Å²) in [6.07, 6.45) is -32.2. The molecule has 21 heteroatoms. The fourth-order valence-corrected chi connectivity index (χ4v) is 5.50. The third-order valence-corrected chi connectivity index (χ3v) is 8.26. The van der Waals surface area contributed by atoms with Gasteiger partial charge < -0.3 is 105 Å². The van der Waals surface area contributed by atoms with Crippen molar-refractivity contribution in [3.05, 3.63) is 0 Å². The topological polar surface area (TPSA) is 348 Å². The smallest absolute Gasteiger partial charge is 0.224 e. The van der Waals surface area contributed by atoms with Crippen LogP contribution in [0.1, 0.15) is 0 Å². The number of ether oxygens (including phenoxy) is 7. The van der Waals surface area contributed by atoms with Gasteiger partial charge in [0.1, 0.15) is 98.2 Å². The Morgan fingerprint density at radius 1 is 0.467 bits per heavy atom. The van der Waals surface area contributed by atoms with E-state index < -0.39 is 149 Å². The minimum Gasteiger partial charge on any atom is -0.394 e. The molecule has 0 bridgehead atoms. The van der Waals surface area contributed by atoms with Crippen molar-refractivity contribution in [2.45, 2.75) is 116 Å². The van der Waals surface area contributed by atoms with Gasteiger partial charge in [-0.25, -0.2) is 0 Å². The summed E-state index contributed by atoms with van der Waals surface area (Å²) in [7, 11) is 0. The van der Waals surface area contributed by atoms with Gasteiger partial charge in [-0.1, -0.05) is 0 Å². The molecular formula is C24H42O21. The van der Waals surface area contributed by atoms with E-state index in [-0.39, 0.29) is 0 Å². The van der Waals surface area contributed by atoms with E-state index in [0.717, 1.165) is 0 Å². The Morgan fingerprint density at radius 2 is 0.911 bits per heavy atom. The second-order valence-corrected chi connectivity index (χ2v) is 11.2. The lowest BCUT2D eigenvalue weighted by molar-refractivity contribution is -0.402. The maximum absolute atomic E-state index is 10.8. The van der Waals surface area contributed by atoms with Gasteiger partial charge in [0.05, 0.1) is 26.4 Å². The highest BCUT2D eigenvalue weighted by atomic mass is 16.8. The van der Waals surface area contributed by atoms with E-state index in [1.807, 2.05) is 0 Å². The van der Waals surface area contributed by atoms with Crippen LogP contribution in [-0.2, 0) is 33.2 Å². The van der Waals surface area contributed by atoms with E-state index in [0.29, 0.717) is 0 Å². The van der Waals surface area contributed by atoms with Gasteiger partial charge in [-0.2, -0.15) is 0 Å². The third-order valence-electron chi connectivity index (χ3n) is 8.26. The lowest BCUT2D eigenvalue weighted by atomic mass is 9.98. The van der Waals surface area contributed by atoms with Crippen LogP contribution in [0, 0.1) is 0 Å². The van der Waals surface area contributed by atoms with Crippen LogP contribution >= 0.6 is 0 Å². The number of rotatable bonds is 11. The number of hydrogen-bond donors (Lipinski definition) is 14.